The van der Waals surface area contributed by atoms with Crippen LogP contribution in [0, 0.1) is 13.8 Å². The van der Waals surface area contributed by atoms with Crippen LogP contribution in [0.4, 0.5) is 0 Å². The number of rotatable bonds is 5. The third kappa shape index (κ3) is 4.90. The smallest absolute Gasteiger partial charge is 0.191 e. The zero-order valence-electron chi connectivity index (χ0n) is 12.9. The number of aryl methyl sites for hydroxylation is 2. The van der Waals surface area contributed by atoms with E-state index in [2.05, 4.69) is 65.2 Å². The quantitative estimate of drug-likeness (QED) is 0.657. The van der Waals surface area contributed by atoms with Gasteiger partial charge in [-0.15, -0.1) is 11.3 Å². The number of aliphatic imine (C=N–C) groups is 1. The van der Waals surface area contributed by atoms with E-state index in [0.29, 0.717) is 0 Å². The Morgan fingerprint density at radius 1 is 1.10 bits per heavy atom. The summed E-state index contributed by atoms with van der Waals surface area (Å²) in [6, 6.07) is 10.8. The molecule has 0 unspecified atom stereocenters. The van der Waals surface area contributed by atoms with Gasteiger partial charge in [-0.2, -0.15) is 0 Å². The van der Waals surface area contributed by atoms with Gasteiger partial charge in [-0.05, 0) is 42.8 Å². The van der Waals surface area contributed by atoms with E-state index in [-0.39, 0.29) is 0 Å². The number of hydrogen-bond donors (Lipinski definition) is 2. The van der Waals surface area contributed by atoms with Crippen molar-refractivity contribution in [3.05, 3.63) is 57.3 Å². The van der Waals surface area contributed by atoms with Crippen molar-refractivity contribution in [1.82, 2.24) is 10.6 Å². The summed E-state index contributed by atoms with van der Waals surface area (Å²) in [6.07, 6.45) is 0.999. The molecule has 3 nitrogen and oxygen atoms in total. The van der Waals surface area contributed by atoms with Crippen LogP contribution in [-0.4, -0.2) is 19.6 Å². The zero-order chi connectivity index (χ0) is 15.1. The van der Waals surface area contributed by atoms with Crippen LogP contribution in [0.1, 0.15) is 21.6 Å². The largest absolute Gasteiger partial charge is 0.356 e. The molecule has 112 valence electrons. The molecule has 1 aromatic carbocycles. The lowest BCUT2D eigenvalue weighted by Crippen LogP contribution is -2.37. The van der Waals surface area contributed by atoms with Crippen molar-refractivity contribution < 1.29 is 0 Å². The molecule has 0 fully saturated rings. The number of guanidine groups is 1. The van der Waals surface area contributed by atoms with E-state index in [1.165, 1.54) is 21.6 Å². The van der Waals surface area contributed by atoms with Crippen LogP contribution in [0.2, 0.25) is 0 Å². The fraction of sp³-hybridized carbons (Fsp3) is 0.353. The van der Waals surface area contributed by atoms with Crippen molar-refractivity contribution >= 4 is 17.3 Å². The average Bonchev–Trinajstić information content (AvgIpc) is 2.90. The Balaban J connectivity index is 1.75. The van der Waals surface area contributed by atoms with Crippen LogP contribution in [0.5, 0.6) is 0 Å². The molecule has 0 bridgehead atoms. The number of thiophene rings is 1. The molecule has 0 saturated heterocycles. The van der Waals surface area contributed by atoms with Gasteiger partial charge in [0.05, 0.1) is 6.54 Å². The van der Waals surface area contributed by atoms with E-state index in [9.17, 15) is 0 Å². The third-order valence-corrected chi connectivity index (χ3v) is 4.46. The monoisotopic (exact) mass is 301 g/mol. The van der Waals surface area contributed by atoms with Crippen LogP contribution in [0.25, 0.3) is 0 Å². The summed E-state index contributed by atoms with van der Waals surface area (Å²) in [5, 5.41) is 8.84. The minimum absolute atomic E-state index is 0.827. The van der Waals surface area contributed by atoms with Crippen molar-refractivity contribution in [2.75, 3.05) is 13.6 Å². The first-order valence-corrected chi connectivity index (χ1v) is 8.10. The van der Waals surface area contributed by atoms with Gasteiger partial charge in [-0.3, -0.25) is 4.99 Å². The normalized spacial score (nSPS) is 11.5. The second kappa shape index (κ2) is 7.84. The van der Waals surface area contributed by atoms with Crippen molar-refractivity contribution in [2.24, 2.45) is 4.99 Å². The summed E-state index contributed by atoms with van der Waals surface area (Å²) in [6.45, 7) is 5.96. The second-order valence-electron chi connectivity index (χ2n) is 5.11. The predicted molar refractivity (Wildman–Crippen MR) is 92.1 cm³/mol. The third-order valence-electron chi connectivity index (χ3n) is 3.43. The Morgan fingerprint density at radius 2 is 1.86 bits per heavy atom. The van der Waals surface area contributed by atoms with E-state index < -0.39 is 0 Å². The molecular formula is C17H23N3S. The van der Waals surface area contributed by atoms with Gasteiger partial charge in [0.2, 0.25) is 0 Å². The molecule has 4 heteroatoms. The number of benzene rings is 1. The van der Waals surface area contributed by atoms with Gasteiger partial charge in [-0.25, -0.2) is 0 Å². The van der Waals surface area contributed by atoms with E-state index >= 15 is 0 Å². The lowest BCUT2D eigenvalue weighted by atomic mass is 10.1. The van der Waals surface area contributed by atoms with Crippen LogP contribution in [0.3, 0.4) is 0 Å². The first-order valence-electron chi connectivity index (χ1n) is 7.22. The molecule has 0 radical (unpaired) electrons. The highest BCUT2D eigenvalue weighted by Crippen LogP contribution is 2.14. The van der Waals surface area contributed by atoms with Gasteiger partial charge >= 0.3 is 0 Å². The highest BCUT2D eigenvalue weighted by atomic mass is 32.1. The topological polar surface area (TPSA) is 36.4 Å². The Morgan fingerprint density at radius 3 is 2.48 bits per heavy atom. The molecule has 0 atom stereocenters. The van der Waals surface area contributed by atoms with Gasteiger partial charge in [-0.1, -0.05) is 29.8 Å². The van der Waals surface area contributed by atoms with E-state index in [0.717, 1.165) is 25.5 Å². The fourth-order valence-corrected chi connectivity index (χ4v) is 2.90. The van der Waals surface area contributed by atoms with Gasteiger partial charge in [0.1, 0.15) is 0 Å². The second-order valence-corrected chi connectivity index (χ2v) is 6.12. The van der Waals surface area contributed by atoms with Crippen LogP contribution >= 0.6 is 11.3 Å². The summed E-state index contributed by atoms with van der Waals surface area (Å²) in [5.74, 6) is 0.856. The molecule has 1 heterocycles. The van der Waals surface area contributed by atoms with E-state index in [1.807, 2.05) is 7.05 Å². The molecule has 0 aliphatic carbocycles. The lowest BCUT2D eigenvalue weighted by molar-refractivity contribution is 0.798. The summed E-state index contributed by atoms with van der Waals surface area (Å²) < 4.78 is 0. The Labute approximate surface area is 131 Å². The zero-order valence-corrected chi connectivity index (χ0v) is 13.8. The summed E-state index contributed by atoms with van der Waals surface area (Å²) in [7, 11) is 1.81. The van der Waals surface area contributed by atoms with Gasteiger partial charge < -0.3 is 10.6 Å². The van der Waals surface area contributed by atoms with Gasteiger partial charge in [0, 0.05) is 18.5 Å². The molecule has 0 aliphatic heterocycles. The fourth-order valence-electron chi connectivity index (χ4n) is 2.05. The highest BCUT2D eigenvalue weighted by molar-refractivity contribution is 7.10. The molecule has 0 spiro atoms. The van der Waals surface area contributed by atoms with Gasteiger partial charge in [0.15, 0.2) is 5.96 Å². The first-order chi connectivity index (χ1) is 10.2. The molecule has 0 aliphatic rings. The minimum atomic E-state index is 0.827. The highest BCUT2D eigenvalue weighted by Gasteiger charge is 2.02. The van der Waals surface area contributed by atoms with Crippen molar-refractivity contribution in [3.8, 4) is 0 Å². The average molecular weight is 301 g/mol. The first kappa shape index (κ1) is 15.6. The molecular weight excluding hydrogens is 278 g/mol. The maximum atomic E-state index is 4.26. The lowest BCUT2D eigenvalue weighted by Gasteiger charge is -2.11. The summed E-state index contributed by atoms with van der Waals surface area (Å²) in [5.41, 5.74) is 3.98. The van der Waals surface area contributed by atoms with Crippen LogP contribution in [-0.2, 0) is 13.0 Å². The maximum absolute atomic E-state index is 4.26. The molecule has 0 saturated carbocycles. The molecule has 0 amide bonds. The van der Waals surface area contributed by atoms with Crippen LogP contribution < -0.4 is 10.6 Å². The summed E-state index contributed by atoms with van der Waals surface area (Å²) in [4.78, 5) is 5.62. The van der Waals surface area contributed by atoms with E-state index in [1.54, 1.807) is 11.3 Å². The van der Waals surface area contributed by atoms with E-state index in [4.69, 9.17) is 0 Å². The molecule has 2 rings (SSSR count). The number of hydrogen-bond acceptors (Lipinski definition) is 2. The standard InChI is InChI=1S/C17H23N3S/c1-13-4-6-15(7-5-13)8-10-19-17(18-3)20-12-16-14(2)9-11-21-16/h4-7,9,11H,8,10,12H2,1-3H3,(H2,18,19,20). The number of nitrogens with one attached hydrogen (secondary N) is 2. The van der Waals surface area contributed by atoms with Crippen molar-refractivity contribution in [3.63, 3.8) is 0 Å². The maximum Gasteiger partial charge on any atom is 0.191 e. The van der Waals surface area contributed by atoms with Crippen molar-refractivity contribution in [1.29, 1.82) is 0 Å². The predicted octanol–water partition coefficient (Wildman–Crippen LogP) is 3.27. The molecule has 21 heavy (non-hydrogen) atoms. The Bertz CT molecular complexity index is 584. The van der Waals surface area contributed by atoms with Crippen molar-refractivity contribution in [2.45, 2.75) is 26.8 Å². The summed E-state index contributed by atoms with van der Waals surface area (Å²) >= 11 is 1.78. The number of nitrogens with zero attached hydrogens (tertiary/aromatic N) is 1. The Kier molecular flexibility index (Phi) is 5.81. The Hall–Kier alpha value is -1.81. The molecule has 1 aromatic heterocycles. The van der Waals surface area contributed by atoms with Gasteiger partial charge in [0.25, 0.3) is 0 Å². The molecule has 2 aromatic rings. The van der Waals surface area contributed by atoms with Crippen LogP contribution in [0.15, 0.2) is 40.7 Å². The SMILES string of the molecule is CN=C(NCCc1ccc(C)cc1)NCc1sccc1C. The minimum Gasteiger partial charge on any atom is -0.356 e. The molecule has 2 N–H and O–H groups in total.